The number of rotatable bonds is 10. The van der Waals surface area contributed by atoms with Gasteiger partial charge in [-0.25, -0.2) is 0 Å². The standard InChI is InChI=1S/C24H31N5O3S/c1-3-29-23(21-8-7-15-32-21)26-27-24(29)33-17-22(30)25-16-20(28-13-5-4-6-14-28)18-9-11-19(31-2)12-10-18/h7-12,15,20H,3-6,13-14,16-17H2,1-2H3,(H,25,30). The summed E-state index contributed by atoms with van der Waals surface area (Å²) >= 11 is 1.39. The lowest BCUT2D eigenvalue weighted by molar-refractivity contribution is -0.118. The van der Waals surface area contributed by atoms with Crippen LogP contribution in [0.3, 0.4) is 0 Å². The second-order valence-corrected chi connectivity index (χ2v) is 8.95. The highest BCUT2D eigenvalue weighted by atomic mass is 32.2. The van der Waals surface area contributed by atoms with E-state index in [1.807, 2.05) is 35.8 Å². The molecule has 1 aromatic carbocycles. The smallest absolute Gasteiger partial charge is 0.230 e. The van der Waals surface area contributed by atoms with E-state index in [0.29, 0.717) is 29.8 Å². The van der Waals surface area contributed by atoms with E-state index < -0.39 is 0 Å². The van der Waals surface area contributed by atoms with E-state index in [1.165, 1.54) is 36.6 Å². The fourth-order valence-electron chi connectivity index (χ4n) is 4.17. The lowest BCUT2D eigenvalue weighted by Crippen LogP contribution is -2.41. The van der Waals surface area contributed by atoms with Gasteiger partial charge in [0.15, 0.2) is 16.7 Å². The van der Waals surface area contributed by atoms with Gasteiger partial charge in [0.1, 0.15) is 5.75 Å². The largest absolute Gasteiger partial charge is 0.497 e. The topological polar surface area (TPSA) is 85.4 Å². The summed E-state index contributed by atoms with van der Waals surface area (Å²) < 4.78 is 12.7. The first-order valence-electron chi connectivity index (χ1n) is 11.4. The van der Waals surface area contributed by atoms with E-state index in [4.69, 9.17) is 9.15 Å². The number of nitrogens with one attached hydrogen (secondary N) is 1. The summed E-state index contributed by atoms with van der Waals surface area (Å²) in [6, 6.07) is 12.0. The number of hydrogen-bond donors (Lipinski definition) is 1. The molecule has 1 amide bonds. The van der Waals surface area contributed by atoms with Crippen LogP contribution in [-0.2, 0) is 11.3 Å². The highest BCUT2D eigenvalue weighted by Gasteiger charge is 2.23. The normalized spacial score (nSPS) is 15.3. The van der Waals surface area contributed by atoms with Gasteiger partial charge in [-0.05, 0) is 62.7 Å². The van der Waals surface area contributed by atoms with Crippen LogP contribution in [-0.4, -0.2) is 58.1 Å². The Kier molecular flexibility index (Phi) is 8.06. The molecule has 0 saturated carbocycles. The zero-order valence-electron chi connectivity index (χ0n) is 19.2. The van der Waals surface area contributed by atoms with Gasteiger partial charge < -0.3 is 14.5 Å². The van der Waals surface area contributed by atoms with Crippen LogP contribution in [0.4, 0.5) is 0 Å². The zero-order chi connectivity index (χ0) is 23.0. The van der Waals surface area contributed by atoms with Crippen LogP contribution >= 0.6 is 11.8 Å². The van der Waals surface area contributed by atoms with Crippen LogP contribution in [0.1, 0.15) is 37.8 Å². The Morgan fingerprint density at radius 2 is 1.97 bits per heavy atom. The van der Waals surface area contributed by atoms with E-state index in [9.17, 15) is 4.79 Å². The molecule has 1 unspecified atom stereocenters. The quantitative estimate of drug-likeness (QED) is 0.449. The van der Waals surface area contributed by atoms with Gasteiger partial charge in [-0.1, -0.05) is 30.3 Å². The van der Waals surface area contributed by atoms with Crippen molar-refractivity contribution in [3.63, 3.8) is 0 Å². The fraction of sp³-hybridized carbons (Fsp3) is 0.458. The molecule has 1 fully saturated rings. The molecule has 3 heterocycles. The van der Waals surface area contributed by atoms with Gasteiger partial charge in [-0.2, -0.15) is 0 Å². The molecule has 1 atom stereocenters. The summed E-state index contributed by atoms with van der Waals surface area (Å²) in [5, 5.41) is 12.4. The number of aromatic nitrogens is 3. The fourth-order valence-corrected chi connectivity index (χ4v) is 5.01. The molecule has 4 rings (SSSR count). The molecule has 176 valence electrons. The molecule has 1 N–H and O–H groups in total. The number of carbonyl (C=O) groups is 1. The molecule has 0 bridgehead atoms. The summed E-state index contributed by atoms with van der Waals surface area (Å²) in [5.41, 5.74) is 1.19. The van der Waals surface area contributed by atoms with Crippen molar-refractivity contribution >= 4 is 17.7 Å². The van der Waals surface area contributed by atoms with E-state index >= 15 is 0 Å². The number of ether oxygens (including phenoxy) is 1. The third kappa shape index (κ3) is 5.78. The molecular weight excluding hydrogens is 438 g/mol. The first-order valence-corrected chi connectivity index (χ1v) is 12.4. The van der Waals surface area contributed by atoms with E-state index in [1.54, 1.807) is 13.4 Å². The van der Waals surface area contributed by atoms with E-state index in [2.05, 4.69) is 32.5 Å². The summed E-state index contributed by atoms with van der Waals surface area (Å²) in [7, 11) is 1.67. The summed E-state index contributed by atoms with van der Waals surface area (Å²) in [5.74, 6) is 2.46. The average Bonchev–Trinajstić information content (AvgIpc) is 3.53. The molecule has 9 heteroatoms. The molecule has 0 radical (unpaired) electrons. The Hall–Kier alpha value is -2.78. The maximum absolute atomic E-state index is 12.7. The number of hydrogen-bond acceptors (Lipinski definition) is 7. The predicted octanol–water partition coefficient (Wildman–Crippen LogP) is 4.00. The molecule has 0 aliphatic carbocycles. The van der Waals surface area contributed by atoms with Crippen molar-refractivity contribution in [3.8, 4) is 17.3 Å². The number of amides is 1. The molecule has 1 aliphatic heterocycles. The number of carbonyl (C=O) groups excluding carboxylic acids is 1. The number of furan rings is 1. The maximum Gasteiger partial charge on any atom is 0.230 e. The number of nitrogens with zero attached hydrogens (tertiary/aromatic N) is 4. The Labute approximate surface area is 198 Å². The van der Waals surface area contributed by atoms with Crippen molar-refractivity contribution in [2.45, 2.75) is 43.9 Å². The van der Waals surface area contributed by atoms with Crippen molar-refractivity contribution in [1.29, 1.82) is 0 Å². The summed E-state index contributed by atoms with van der Waals surface area (Å²) in [6.45, 7) is 5.40. The van der Waals surface area contributed by atoms with Crippen molar-refractivity contribution in [3.05, 3.63) is 48.2 Å². The third-order valence-electron chi connectivity index (χ3n) is 5.93. The Morgan fingerprint density at radius 1 is 1.18 bits per heavy atom. The van der Waals surface area contributed by atoms with E-state index in [0.717, 1.165) is 18.8 Å². The lowest BCUT2D eigenvalue weighted by Gasteiger charge is -2.35. The SMILES string of the molecule is CCn1c(SCC(=O)NCC(c2ccc(OC)cc2)N2CCCCC2)nnc1-c1ccco1. The minimum atomic E-state index is -0.0132. The first kappa shape index (κ1) is 23.4. The van der Waals surface area contributed by atoms with Crippen molar-refractivity contribution < 1.29 is 13.9 Å². The molecule has 1 saturated heterocycles. The minimum Gasteiger partial charge on any atom is -0.497 e. The van der Waals surface area contributed by atoms with Gasteiger partial charge in [0.2, 0.25) is 5.91 Å². The van der Waals surface area contributed by atoms with Gasteiger partial charge in [0.25, 0.3) is 0 Å². The van der Waals surface area contributed by atoms with Crippen LogP contribution < -0.4 is 10.1 Å². The van der Waals surface area contributed by atoms with Crippen LogP contribution in [0.15, 0.2) is 52.2 Å². The highest BCUT2D eigenvalue weighted by molar-refractivity contribution is 7.99. The van der Waals surface area contributed by atoms with Crippen LogP contribution in [0, 0.1) is 0 Å². The van der Waals surface area contributed by atoms with Crippen LogP contribution in [0.5, 0.6) is 5.75 Å². The zero-order valence-corrected chi connectivity index (χ0v) is 20.0. The van der Waals surface area contributed by atoms with Crippen molar-refractivity contribution in [2.24, 2.45) is 0 Å². The van der Waals surface area contributed by atoms with Gasteiger partial charge in [-0.15, -0.1) is 10.2 Å². The van der Waals surface area contributed by atoms with Gasteiger partial charge in [-0.3, -0.25) is 14.3 Å². The molecule has 1 aliphatic rings. The third-order valence-corrected chi connectivity index (χ3v) is 6.90. The Bertz CT molecular complexity index is 1010. The van der Waals surface area contributed by atoms with Crippen LogP contribution in [0.2, 0.25) is 0 Å². The number of thioether (sulfide) groups is 1. The number of methoxy groups -OCH3 is 1. The van der Waals surface area contributed by atoms with Crippen molar-refractivity contribution in [2.75, 3.05) is 32.5 Å². The highest BCUT2D eigenvalue weighted by Crippen LogP contribution is 2.27. The van der Waals surface area contributed by atoms with E-state index in [-0.39, 0.29) is 17.7 Å². The monoisotopic (exact) mass is 469 g/mol. The molecular formula is C24H31N5O3S. The average molecular weight is 470 g/mol. The second-order valence-electron chi connectivity index (χ2n) is 8.01. The molecule has 8 nitrogen and oxygen atoms in total. The first-order chi connectivity index (χ1) is 16.2. The second kappa shape index (κ2) is 11.4. The molecule has 33 heavy (non-hydrogen) atoms. The summed E-state index contributed by atoms with van der Waals surface area (Å²) in [4.78, 5) is 15.2. The number of piperidine rings is 1. The lowest BCUT2D eigenvalue weighted by atomic mass is 10.0. The number of likely N-dealkylation sites (tertiary alicyclic amines) is 1. The summed E-state index contributed by atoms with van der Waals surface area (Å²) in [6.07, 6.45) is 5.28. The molecule has 3 aromatic rings. The van der Waals surface area contributed by atoms with Gasteiger partial charge >= 0.3 is 0 Å². The molecule has 2 aromatic heterocycles. The van der Waals surface area contributed by atoms with Crippen LogP contribution in [0.25, 0.3) is 11.6 Å². The molecule has 0 spiro atoms. The minimum absolute atomic E-state index is 0.0132. The van der Waals surface area contributed by atoms with Crippen molar-refractivity contribution in [1.82, 2.24) is 25.0 Å². The Morgan fingerprint density at radius 3 is 2.64 bits per heavy atom. The predicted molar refractivity (Wildman–Crippen MR) is 128 cm³/mol. The van der Waals surface area contributed by atoms with Gasteiger partial charge in [0.05, 0.1) is 25.2 Å². The Balaban J connectivity index is 1.37. The maximum atomic E-state index is 12.7. The van der Waals surface area contributed by atoms with Gasteiger partial charge in [0, 0.05) is 13.1 Å². The number of benzene rings is 1.